The smallest absolute Gasteiger partial charge is 0.191 e. The van der Waals surface area contributed by atoms with E-state index in [-0.39, 0.29) is 0 Å². The molecule has 2 N–H and O–H groups in total. The van der Waals surface area contributed by atoms with E-state index in [0.29, 0.717) is 12.0 Å². The van der Waals surface area contributed by atoms with E-state index in [1.807, 2.05) is 0 Å². The third-order valence-corrected chi connectivity index (χ3v) is 3.53. The summed E-state index contributed by atoms with van der Waals surface area (Å²) in [7, 11) is 0. The van der Waals surface area contributed by atoms with Gasteiger partial charge in [-0.2, -0.15) is 0 Å². The second-order valence-electron chi connectivity index (χ2n) is 4.92. The van der Waals surface area contributed by atoms with Crippen molar-refractivity contribution in [3.05, 3.63) is 0 Å². The quantitative estimate of drug-likeness (QED) is 0.541. The lowest BCUT2D eigenvalue weighted by Gasteiger charge is -2.16. The van der Waals surface area contributed by atoms with Gasteiger partial charge >= 0.3 is 0 Å². The topological polar surface area (TPSA) is 45.7 Å². The highest BCUT2D eigenvalue weighted by atomic mass is 16.5. The van der Waals surface area contributed by atoms with E-state index >= 15 is 0 Å². The van der Waals surface area contributed by atoms with Crippen LogP contribution in [-0.2, 0) is 4.74 Å². The zero-order chi connectivity index (χ0) is 13.2. The van der Waals surface area contributed by atoms with Gasteiger partial charge in [0.25, 0.3) is 0 Å². The van der Waals surface area contributed by atoms with Crippen molar-refractivity contribution in [2.24, 2.45) is 10.9 Å². The Labute approximate surface area is 112 Å². The minimum Gasteiger partial charge on any atom is -0.376 e. The van der Waals surface area contributed by atoms with E-state index in [2.05, 4.69) is 36.4 Å². The Morgan fingerprint density at radius 2 is 2.06 bits per heavy atom. The molecule has 0 aromatic heterocycles. The van der Waals surface area contributed by atoms with Crippen LogP contribution in [0.1, 0.15) is 46.5 Å². The molecule has 1 aliphatic heterocycles. The first-order chi connectivity index (χ1) is 8.80. The van der Waals surface area contributed by atoms with Crippen LogP contribution in [0.5, 0.6) is 0 Å². The highest BCUT2D eigenvalue weighted by Crippen LogP contribution is 2.10. The van der Waals surface area contributed by atoms with Gasteiger partial charge in [0.05, 0.1) is 6.10 Å². The molecule has 0 aliphatic carbocycles. The normalized spacial score (nSPS) is 20.4. The molecule has 1 fully saturated rings. The van der Waals surface area contributed by atoms with Crippen LogP contribution in [0.2, 0.25) is 0 Å². The molecule has 0 spiro atoms. The predicted molar refractivity (Wildman–Crippen MR) is 77.0 cm³/mol. The first-order valence-electron chi connectivity index (χ1n) is 7.43. The van der Waals surface area contributed by atoms with Gasteiger partial charge in [0.1, 0.15) is 0 Å². The van der Waals surface area contributed by atoms with E-state index in [0.717, 1.165) is 32.2 Å². The molecular formula is C14H29N3O. The minimum atomic E-state index is 0.363. The van der Waals surface area contributed by atoms with Crippen LogP contribution in [0.3, 0.4) is 0 Å². The van der Waals surface area contributed by atoms with Crippen molar-refractivity contribution in [1.29, 1.82) is 0 Å². The maximum absolute atomic E-state index is 5.60. The summed E-state index contributed by atoms with van der Waals surface area (Å²) in [5.74, 6) is 1.63. The third kappa shape index (κ3) is 5.71. The second kappa shape index (κ2) is 9.20. The average Bonchev–Trinajstić information content (AvgIpc) is 2.90. The summed E-state index contributed by atoms with van der Waals surface area (Å²) in [5.41, 5.74) is 0. The van der Waals surface area contributed by atoms with Crippen molar-refractivity contribution in [2.45, 2.75) is 52.6 Å². The number of guanidine groups is 1. The number of nitrogens with zero attached hydrogens (tertiary/aromatic N) is 1. The Bertz CT molecular complexity index is 233. The molecule has 18 heavy (non-hydrogen) atoms. The Balaban J connectivity index is 2.34. The monoisotopic (exact) mass is 255 g/mol. The lowest BCUT2D eigenvalue weighted by molar-refractivity contribution is 0.114. The van der Waals surface area contributed by atoms with E-state index in [1.54, 1.807) is 0 Å². The highest BCUT2D eigenvalue weighted by Gasteiger charge is 2.15. The summed E-state index contributed by atoms with van der Waals surface area (Å²) >= 11 is 0. The molecule has 0 bridgehead atoms. The number of rotatable bonds is 7. The molecular weight excluding hydrogens is 226 g/mol. The molecule has 1 saturated heterocycles. The first kappa shape index (κ1) is 15.3. The lowest BCUT2D eigenvalue weighted by Crippen LogP contribution is -2.41. The predicted octanol–water partition coefficient (Wildman–Crippen LogP) is 2.16. The molecule has 4 heteroatoms. The molecule has 1 atom stereocenters. The molecule has 106 valence electrons. The summed E-state index contributed by atoms with van der Waals surface area (Å²) < 4.78 is 5.60. The van der Waals surface area contributed by atoms with Gasteiger partial charge in [-0.3, -0.25) is 4.99 Å². The maximum Gasteiger partial charge on any atom is 0.191 e. The fourth-order valence-corrected chi connectivity index (χ4v) is 2.12. The van der Waals surface area contributed by atoms with Gasteiger partial charge in [-0.05, 0) is 25.7 Å². The van der Waals surface area contributed by atoms with Crippen LogP contribution >= 0.6 is 0 Å². The Hall–Kier alpha value is -0.770. The number of ether oxygens (including phenoxy) is 1. The van der Waals surface area contributed by atoms with Gasteiger partial charge in [-0.15, -0.1) is 0 Å². The zero-order valence-electron chi connectivity index (χ0n) is 12.2. The van der Waals surface area contributed by atoms with Crippen molar-refractivity contribution in [1.82, 2.24) is 10.6 Å². The molecule has 0 saturated carbocycles. The van der Waals surface area contributed by atoms with Crippen LogP contribution in [0.25, 0.3) is 0 Å². The third-order valence-electron chi connectivity index (χ3n) is 3.53. The molecule has 1 heterocycles. The zero-order valence-corrected chi connectivity index (χ0v) is 12.2. The molecule has 4 nitrogen and oxygen atoms in total. The van der Waals surface area contributed by atoms with Gasteiger partial charge in [0, 0.05) is 26.2 Å². The average molecular weight is 255 g/mol. The van der Waals surface area contributed by atoms with Gasteiger partial charge in [-0.25, -0.2) is 0 Å². The Kier molecular flexibility index (Phi) is 7.81. The lowest BCUT2D eigenvalue weighted by atomic mass is 10.0. The van der Waals surface area contributed by atoms with Crippen LogP contribution in [0.15, 0.2) is 4.99 Å². The Morgan fingerprint density at radius 3 is 2.61 bits per heavy atom. The summed E-state index contributed by atoms with van der Waals surface area (Å²) in [6.45, 7) is 10.2. The van der Waals surface area contributed by atoms with Crippen LogP contribution < -0.4 is 10.6 Å². The molecule has 0 amide bonds. The summed E-state index contributed by atoms with van der Waals surface area (Å²) in [5, 5.41) is 6.67. The summed E-state index contributed by atoms with van der Waals surface area (Å²) in [6.07, 6.45) is 5.12. The maximum atomic E-state index is 5.60. The van der Waals surface area contributed by atoms with Gasteiger partial charge in [0.15, 0.2) is 5.96 Å². The summed E-state index contributed by atoms with van der Waals surface area (Å²) in [4.78, 5) is 4.66. The van der Waals surface area contributed by atoms with Gasteiger partial charge in [0.2, 0.25) is 0 Å². The largest absolute Gasteiger partial charge is 0.376 e. The first-order valence-corrected chi connectivity index (χ1v) is 7.43. The van der Waals surface area contributed by atoms with Crippen molar-refractivity contribution in [2.75, 3.05) is 26.2 Å². The number of nitrogens with one attached hydrogen (secondary N) is 2. The molecule has 1 unspecified atom stereocenters. The Morgan fingerprint density at radius 1 is 1.28 bits per heavy atom. The van der Waals surface area contributed by atoms with Gasteiger partial charge in [-0.1, -0.05) is 26.7 Å². The van der Waals surface area contributed by atoms with Crippen molar-refractivity contribution < 1.29 is 4.74 Å². The van der Waals surface area contributed by atoms with Crippen LogP contribution in [-0.4, -0.2) is 38.3 Å². The summed E-state index contributed by atoms with van der Waals surface area (Å²) in [6, 6.07) is 0. The van der Waals surface area contributed by atoms with Gasteiger partial charge < -0.3 is 15.4 Å². The number of aliphatic imine (C=N–C) groups is 1. The van der Waals surface area contributed by atoms with E-state index in [4.69, 9.17) is 4.74 Å². The van der Waals surface area contributed by atoms with Crippen LogP contribution in [0, 0.1) is 5.92 Å². The van der Waals surface area contributed by atoms with Crippen molar-refractivity contribution in [3.63, 3.8) is 0 Å². The van der Waals surface area contributed by atoms with Crippen molar-refractivity contribution in [3.8, 4) is 0 Å². The fourth-order valence-electron chi connectivity index (χ4n) is 2.12. The van der Waals surface area contributed by atoms with E-state index < -0.39 is 0 Å². The molecule has 0 aromatic carbocycles. The fraction of sp³-hybridized carbons (Fsp3) is 0.929. The number of hydrogen-bond acceptors (Lipinski definition) is 2. The van der Waals surface area contributed by atoms with Crippen LogP contribution in [0.4, 0.5) is 0 Å². The molecule has 1 aliphatic rings. The number of hydrogen-bond donors (Lipinski definition) is 2. The second-order valence-corrected chi connectivity index (χ2v) is 4.92. The van der Waals surface area contributed by atoms with Crippen molar-refractivity contribution >= 4 is 5.96 Å². The minimum absolute atomic E-state index is 0.363. The molecule has 0 radical (unpaired) electrons. The molecule has 1 rings (SSSR count). The SMILES string of the molecule is CCNC(=NCC(CC)CC)NCC1CCCO1. The standard InChI is InChI=1S/C14H29N3O/c1-4-12(5-2)10-16-14(15-6-3)17-11-13-8-7-9-18-13/h12-13H,4-11H2,1-3H3,(H2,15,16,17). The highest BCUT2D eigenvalue weighted by molar-refractivity contribution is 5.79. The van der Waals surface area contributed by atoms with E-state index in [1.165, 1.54) is 25.7 Å². The molecule has 0 aromatic rings. The van der Waals surface area contributed by atoms with E-state index in [9.17, 15) is 0 Å².